The lowest BCUT2D eigenvalue weighted by atomic mass is 10.0. The van der Waals surface area contributed by atoms with E-state index in [9.17, 15) is 4.79 Å². The Bertz CT molecular complexity index is 418. The van der Waals surface area contributed by atoms with Crippen LogP contribution in [0.15, 0.2) is 42.5 Å². The van der Waals surface area contributed by atoms with Crippen LogP contribution in [-0.4, -0.2) is 25.7 Å². The molecule has 1 aromatic rings. The van der Waals surface area contributed by atoms with Gasteiger partial charge in [-0.15, -0.1) is 0 Å². The first-order valence-corrected chi connectivity index (χ1v) is 6.89. The zero-order valence-electron chi connectivity index (χ0n) is 12.1. The van der Waals surface area contributed by atoms with Crippen LogP contribution in [-0.2, 0) is 9.53 Å². The first-order chi connectivity index (χ1) is 9.59. The molecule has 1 rings (SSSR count). The molecule has 20 heavy (non-hydrogen) atoms. The maximum atomic E-state index is 11.6. The van der Waals surface area contributed by atoms with Gasteiger partial charge in [-0.05, 0) is 18.9 Å². The van der Waals surface area contributed by atoms with Gasteiger partial charge in [0.15, 0.2) is 0 Å². The molecule has 0 fully saturated rings. The highest BCUT2D eigenvalue weighted by Gasteiger charge is 2.08. The Morgan fingerprint density at radius 2 is 2.10 bits per heavy atom. The quantitative estimate of drug-likeness (QED) is 0.536. The van der Waals surface area contributed by atoms with E-state index in [0.29, 0.717) is 32.6 Å². The lowest BCUT2D eigenvalue weighted by Gasteiger charge is -2.12. The third kappa shape index (κ3) is 7.07. The average Bonchev–Trinajstić information content (AvgIpc) is 2.45. The van der Waals surface area contributed by atoms with Crippen LogP contribution in [0.3, 0.4) is 0 Å². The SMILES string of the molecule is C=C(C)COCCNC(=O)CCC(N)c1ccccc1. The summed E-state index contributed by atoms with van der Waals surface area (Å²) in [7, 11) is 0. The summed E-state index contributed by atoms with van der Waals surface area (Å²) in [6.45, 7) is 7.21. The van der Waals surface area contributed by atoms with Crippen molar-refractivity contribution in [2.24, 2.45) is 5.73 Å². The second kappa shape index (κ2) is 9.28. The van der Waals surface area contributed by atoms with E-state index in [0.717, 1.165) is 11.1 Å². The summed E-state index contributed by atoms with van der Waals surface area (Å²) in [4.78, 5) is 11.6. The lowest BCUT2D eigenvalue weighted by molar-refractivity contribution is -0.121. The van der Waals surface area contributed by atoms with Gasteiger partial charge in [-0.1, -0.05) is 42.5 Å². The molecule has 4 heteroatoms. The van der Waals surface area contributed by atoms with Crippen LogP contribution in [0.2, 0.25) is 0 Å². The van der Waals surface area contributed by atoms with Gasteiger partial charge in [0.05, 0.1) is 13.2 Å². The van der Waals surface area contributed by atoms with E-state index in [1.807, 2.05) is 37.3 Å². The second-order valence-corrected chi connectivity index (χ2v) is 4.92. The zero-order chi connectivity index (χ0) is 14.8. The third-order valence-corrected chi connectivity index (χ3v) is 2.83. The average molecular weight is 276 g/mol. The Hall–Kier alpha value is -1.65. The molecule has 0 radical (unpaired) electrons. The molecule has 0 saturated carbocycles. The molecule has 110 valence electrons. The molecule has 0 bridgehead atoms. The monoisotopic (exact) mass is 276 g/mol. The van der Waals surface area contributed by atoms with Crippen molar-refractivity contribution in [1.29, 1.82) is 0 Å². The Kier molecular flexibility index (Phi) is 7.62. The summed E-state index contributed by atoms with van der Waals surface area (Å²) >= 11 is 0. The summed E-state index contributed by atoms with van der Waals surface area (Å²) < 4.78 is 5.30. The van der Waals surface area contributed by atoms with Crippen molar-refractivity contribution in [3.8, 4) is 0 Å². The predicted octanol–water partition coefficient (Wildman–Crippen LogP) is 2.18. The van der Waals surface area contributed by atoms with E-state index in [1.165, 1.54) is 0 Å². The molecule has 4 nitrogen and oxygen atoms in total. The van der Waals surface area contributed by atoms with Gasteiger partial charge in [-0.25, -0.2) is 0 Å². The zero-order valence-corrected chi connectivity index (χ0v) is 12.1. The van der Waals surface area contributed by atoms with Crippen molar-refractivity contribution < 1.29 is 9.53 Å². The van der Waals surface area contributed by atoms with Crippen molar-refractivity contribution in [2.45, 2.75) is 25.8 Å². The molecular formula is C16H24N2O2. The number of nitrogens with two attached hydrogens (primary N) is 1. The standard InChI is InChI=1S/C16H24N2O2/c1-13(2)12-20-11-10-18-16(19)9-8-15(17)14-6-4-3-5-7-14/h3-7,15H,1,8-12,17H2,2H3,(H,18,19). The second-order valence-electron chi connectivity index (χ2n) is 4.92. The molecule has 0 aliphatic carbocycles. The van der Waals surface area contributed by atoms with Gasteiger partial charge in [0.2, 0.25) is 5.91 Å². The van der Waals surface area contributed by atoms with Crippen LogP contribution in [0.4, 0.5) is 0 Å². The molecule has 1 unspecified atom stereocenters. The molecule has 0 aromatic heterocycles. The van der Waals surface area contributed by atoms with Crippen LogP contribution in [0.1, 0.15) is 31.4 Å². The summed E-state index contributed by atoms with van der Waals surface area (Å²) in [5.74, 6) is 0.00954. The van der Waals surface area contributed by atoms with Crippen LogP contribution in [0.25, 0.3) is 0 Å². The van der Waals surface area contributed by atoms with E-state index in [1.54, 1.807) is 0 Å². The highest BCUT2D eigenvalue weighted by atomic mass is 16.5. The summed E-state index contributed by atoms with van der Waals surface area (Å²) in [6.07, 6.45) is 1.07. The number of carbonyl (C=O) groups excluding carboxylic acids is 1. The van der Waals surface area contributed by atoms with Crippen molar-refractivity contribution in [3.05, 3.63) is 48.0 Å². The fourth-order valence-electron chi connectivity index (χ4n) is 1.75. The molecule has 1 aromatic carbocycles. The van der Waals surface area contributed by atoms with Crippen LogP contribution in [0, 0.1) is 0 Å². The molecule has 3 N–H and O–H groups in total. The Morgan fingerprint density at radius 3 is 2.75 bits per heavy atom. The number of carbonyl (C=O) groups is 1. The number of hydrogen-bond donors (Lipinski definition) is 2. The highest BCUT2D eigenvalue weighted by Crippen LogP contribution is 2.14. The molecule has 0 aliphatic heterocycles. The summed E-state index contributed by atoms with van der Waals surface area (Å²) in [5, 5.41) is 2.81. The van der Waals surface area contributed by atoms with Crippen molar-refractivity contribution in [2.75, 3.05) is 19.8 Å². The predicted molar refractivity (Wildman–Crippen MR) is 81.2 cm³/mol. The van der Waals surface area contributed by atoms with E-state index in [2.05, 4.69) is 11.9 Å². The Balaban J connectivity index is 2.12. The number of ether oxygens (including phenoxy) is 1. The molecule has 0 heterocycles. The fourth-order valence-corrected chi connectivity index (χ4v) is 1.75. The minimum absolute atomic E-state index is 0.00954. The van der Waals surface area contributed by atoms with Gasteiger partial charge in [0.25, 0.3) is 0 Å². The van der Waals surface area contributed by atoms with Gasteiger partial charge in [0, 0.05) is 19.0 Å². The first kappa shape index (κ1) is 16.4. The van der Waals surface area contributed by atoms with Crippen LogP contribution >= 0.6 is 0 Å². The largest absolute Gasteiger partial charge is 0.375 e. The number of benzene rings is 1. The molecule has 0 spiro atoms. The smallest absolute Gasteiger partial charge is 0.220 e. The number of nitrogens with one attached hydrogen (secondary N) is 1. The first-order valence-electron chi connectivity index (χ1n) is 6.89. The Morgan fingerprint density at radius 1 is 1.40 bits per heavy atom. The van der Waals surface area contributed by atoms with E-state index < -0.39 is 0 Å². The topological polar surface area (TPSA) is 64.3 Å². The number of amides is 1. The Labute approximate surface area is 121 Å². The van der Waals surface area contributed by atoms with Gasteiger partial charge in [0.1, 0.15) is 0 Å². The normalized spacial score (nSPS) is 11.9. The molecule has 0 aliphatic rings. The van der Waals surface area contributed by atoms with Gasteiger partial charge in [-0.3, -0.25) is 4.79 Å². The number of rotatable bonds is 9. The maximum absolute atomic E-state index is 11.6. The van der Waals surface area contributed by atoms with E-state index >= 15 is 0 Å². The summed E-state index contributed by atoms with van der Waals surface area (Å²) in [6, 6.07) is 9.72. The lowest BCUT2D eigenvalue weighted by Crippen LogP contribution is -2.28. The molecule has 0 saturated heterocycles. The minimum atomic E-state index is -0.0957. The van der Waals surface area contributed by atoms with Gasteiger partial charge < -0.3 is 15.8 Å². The van der Waals surface area contributed by atoms with Crippen molar-refractivity contribution in [3.63, 3.8) is 0 Å². The fraction of sp³-hybridized carbons (Fsp3) is 0.438. The third-order valence-electron chi connectivity index (χ3n) is 2.83. The minimum Gasteiger partial charge on any atom is -0.375 e. The van der Waals surface area contributed by atoms with Crippen molar-refractivity contribution >= 4 is 5.91 Å². The highest BCUT2D eigenvalue weighted by molar-refractivity contribution is 5.75. The maximum Gasteiger partial charge on any atom is 0.220 e. The van der Waals surface area contributed by atoms with Crippen molar-refractivity contribution in [1.82, 2.24) is 5.32 Å². The molecular weight excluding hydrogens is 252 g/mol. The van der Waals surface area contributed by atoms with E-state index in [4.69, 9.17) is 10.5 Å². The molecule has 1 atom stereocenters. The van der Waals surface area contributed by atoms with Crippen LogP contribution in [0.5, 0.6) is 0 Å². The molecule has 1 amide bonds. The van der Waals surface area contributed by atoms with Gasteiger partial charge >= 0.3 is 0 Å². The number of hydrogen-bond acceptors (Lipinski definition) is 3. The summed E-state index contributed by atoms with van der Waals surface area (Å²) in [5.41, 5.74) is 8.08. The van der Waals surface area contributed by atoms with Crippen LogP contribution < -0.4 is 11.1 Å². The van der Waals surface area contributed by atoms with Gasteiger partial charge in [-0.2, -0.15) is 0 Å². The van der Waals surface area contributed by atoms with E-state index in [-0.39, 0.29) is 11.9 Å².